The zero-order valence-electron chi connectivity index (χ0n) is 26.7. The molecule has 2 aromatic heterocycles. The smallest absolute Gasteiger partial charge is 0.342 e. The number of nitrogens with one attached hydrogen (secondary N) is 3. The fourth-order valence-electron chi connectivity index (χ4n) is 5.02. The lowest BCUT2D eigenvalue weighted by Crippen LogP contribution is -2.47. The third kappa shape index (κ3) is 8.87. The molecule has 0 saturated carbocycles. The first-order valence-corrected chi connectivity index (χ1v) is 16.6. The van der Waals surface area contributed by atoms with Crippen LogP contribution in [0.25, 0.3) is 11.2 Å². The van der Waals surface area contributed by atoms with Crippen LogP contribution in [0.2, 0.25) is 0 Å². The van der Waals surface area contributed by atoms with Crippen molar-refractivity contribution in [2.45, 2.75) is 97.4 Å². The van der Waals surface area contributed by atoms with Gasteiger partial charge in [-0.05, 0) is 45.4 Å². The zero-order chi connectivity index (χ0) is 33.7. The van der Waals surface area contributed by atoms with Crippen LogP contribution in [0.1, 0.15) is 67.5 Å². The van der Waals surface area contributed by atoms with Gasteiger partial charge in [-0.15, -0.1) is 0 Å². The highest BCUT2D eigenvalue weighted by atomic mass is 31.2. The van der Waals surface area contributed by atoms with Gasteiger partial charge in [-0.2, -0.15) is 4.98 Å². The fraction of sp³-hybridized carbons (Fsp3) is 0.741. The summed E-state index contributed by atoms with van der Waals surface area (Å²) in [6.45, 7) is 11.7. The average Bonchev–Trinajstić information content (AvgIpc) is 3.44. The Kier molecular flexibility index (Phi) is 12.3. The zero-order valence-corrected chi connectivity index (χ0v) is 27.6. The number of carbonyl (C=O) groups is 2. The van der Waals surface area contributed by atoms with E-state index >= 15 is 0 Å². The summed E-state index contributed by atoms with van der Waals surface area (Å²) in [4.78, 5) is 48.4. The second kappa shape index (κ2) is 15.1. The number of nitrogen functional groups attached to an aromatic ring is 1. The number of aliphatic hydroxyl groups excluding tert-OH is 1. The van der Waals surface area contributed by atoms with Crippen LogP contribution in [-0.2, 0) is 32.9 Å². The van der Waals surface area contributed by atoms with Crippen molar-refractivity contribution in [3.63, 3.8) is 0 Å². The molecule has 7 N–H and O–H groups in total. The van der Waals surface area contributed by atoms with Gasteiger partial charge in [0.15, 0.2) is 17.4 Å². The molecule has 1 fully saturated rings. The van der Waals surface area contributed by atoms with E-state index in [1.165, 1.54) is 17.8 Å². The Morgan fingerprint density at radius 1 is 1.13 bits per heavy atom. The Labute approximate surface area is 261 Å². The van der Waals surface area contributed by atoms with Crippen LogP contribution in [0.5, 0.6) is 0 Å². The summed E-state index contributed by atoms with van der Waals surface area (Å²) >= 11 is 0. The second-order valence-electron chi connectivity index (χ2n) is 11.9. The molecule has 0 bridgehead atoms. The number of H-pyrrole nitrogens is 1. The van der Waals surface area contributed by atoms with E-state index in [1.807, 2.05) is 27.7 Å². The highest BCUT2D eigenvalue weighted by Gasteiger charge is 2.54. The number of aromatic nitrogens is 4. The predicted molar refractivity (Wildman–Crippen MR) is 163 cm³/mol. The number of aromatic amines is 1. The number of anilines is 1. The van der Waals surface area contributed by atoms with E-state index in [1.54, 1.807) is 13.8 Å². The lowest BCUT2D eigenvalue weighted by Gasteiger charge is -2.30. The largest absolute Gasteiger partial charge is 0.465 e. The molecule has 1 aliphatic rings. The maximum Gasteiger partial charge on any atom is 0.342 e. The van der Waals surface area contributed by atoms with Crippen molar-refractivity contribution in [1.29, 1.82) is 0 Å². The minimum atomic E-state index is -4.32. The highest BCUT2D eigenvalue weighted by molar-refractivity contribution is 7.54. The number of nitrogens with zero attached hydrogens (tertiary/aromatic N) is 3. The number of fused-ring (bicyclic) bond motifs is 1. The first-order chi connectivity index (χ1) is 21.0. The first kappa shape index (κ1) is 36.5. The van der Waals surface area contributed by atoms with Crippen LogP contribution in [0.3, 0.4) is 0 Å². The van der Waals surface area contributed by atoms with Crippen molar-refractivity contribution in [1.82, 2.24) is 29.7 Å². The monoisotopic (exact) mass is 659 g/mol. The molecule has 1 saturated heterocycles. The number of esters is 2. The van der Waals surface area contributed by atoms with E-state index < -0.39 is 67.9 Å². The summed E-state index contributed by atoms with van der Waals surface area (Å²) in [5, 5.41) is 27.9. The van der Waals surface area contributed by atoms with Crippen molar-refractivity contribution >= 4 is 36.7 Å². The summed E-state index contributed by atoms with van der Waals surface area (Å²) in [6.07, 6.45) is -2.53. The van der Waals surface area contributed by atoms with E-state index in [9.17, 15) is 29.2 Å². The first-order valence-electron chi connectivity index (χ1n) is 14.9. The molecule has 0 amide bonds. The number of aliphatic hydroxyl groups is 2. The van der Waals surface area contributed by atoms with Crippen molar-refractivity contribution < 1.29 is 43.1 Å². The topological polar surface area (TPSA) is 242 Å². The van der Waals surface area contributed by atoms with E-state index in [4.69, 9.17) is 24.5 Å². The van der Waals surface area contributed by atoms with Gasteiger partial charge in [-0.1, -0.05) is 27.7 Å². The molecule has 17 nitrogen and oxygen atoms in total. The van der Waals surface area contributed by atoms with Crippen molar-refractivity contribution in [3.05, 3.63) is 16.7 Å². The van der Waals surface area contributed by atoms with Crippen LogP contribution in [0.15, 0.2) is 11.1 Å². The lowest BCUT2D eigenvalue weighted by atomic mass is 9.96. The van der Waals surface area contributed by atoms with Crippen molar-refractivity contribution in [2.75, 3.05) is 25.6 Å². The Balaban J connectivity index is 1.94. The summed E-state index contributed by atoms with van der Waals surface area (Å²) in [7, 11) is -4.32. The van der Waals surface area contributed by atoms with Crippen LogP contribution in [-0.4, -0.2) is 91.4 Å². The van der Waals surface area contributed by atoms with Crippen molar-refractivity contribution in [2.24, 2.45) is 11.8 Å². The molecule has 2 aromatic rings. The summed E-state index contributed by atoms with van der Waals surface area (Å²) in [5.74, 6) is -1.56. The van der Waals surface area contributed by atoms with Gasteiger partial charge in [0.1, 0.15) is 29.9 Å². The molecule has 0 aliphatic carbocycles. The maximum absolute atomic E-state index is 14.5. The van der Waals surface area contributed by atoms with Crippen LogP contribution in [0.4, 0.5) is 5.95 Å². The minimum absolute atomic E-state index is 0.00114. The second-order valence-corrected chi connectivity index (χ2v) is 13.8. The summed E-state index contributed by atoms with van der Waals surface area (Å²) in [6, 6.07) is -2.16. The highest BCUT2D eigenvalue weighted by Crippen LogP contribution is 2.44. The van der Waals surface area contributed by atoms with E-state index in [2.05, 4.69) is 25.1 Å². The Morgan fingerprint density at radius 3 is 2.16 bits per heavy atom. The molecule has 1 aliphatic heterocycles. The molecule has 3 heterocycles. The van der Waals surface area contributed by atoms with Crippen LogP contribution >= 0.6 is 7.67 Å². The standard InChI is InChI=1S/C27H46N7O10P/c1-8-41-23(37)16(10-14(3)4)32-45(40,33-17(11-15(5)6)24(38)42-9-2)43-12-18-20(35)27(7,39)25(44-18)34-13-29-19-21(34)30-26(28)31-22(19)36/h13-18,20,25,35,39H,8-12H2,1-7H3,(H2,32,33,40)(H3,28,30,31,36)/t16?,17?,18-,20?,25-,27+,45?/m1/s1. The van der Waals surface area contributed by atoms with Gasteiger partial charge in [-0.25, -0.2) is 15.2 Å². The molecule has 0 radical (unpaired) electrons. The number of nitrogens with two attached hydrogens (primary N) is 1. The molecule has 0 aromatic carbocycles. The van der Waals surface area contributed by atoms with Gasteiger partial charge in [0.05, 0.1) is 26.1 Å². The van der Waals surface area contributed by atoms with Crippen molar-refractivity contribution in [3.8, 4) is 0 Å². The minimum Gasteiger partial charge on any atom is -0.465 e. The van der Waals surface area contributed by atoms with Gasteiger partial charge < -0.3 is 34.7 Å². The molecule has 6 atom stereocenters. The van der Waals surface area contributed by atoms with Gasteiger partial charge in [0.2, 0.25) is 5.95 Å². The fourth-order valence-corrected chi connectivity index (χ4v) is 6.85. The molecule has 254 valence electrons. The maximum atomic E-state index is 14.5. The molecular weight excluding hydrogens is 613 g/mol. The number of hydrogen-bond donors (Lipinski definition) is 6. The van der Waals surface area contributed by atoms with E-state index in [-0.39, 0.29) is 55.0 Å². The summed E-state index contributed by atoms with van der Waals surface area (Å²) in [5.41, 5.74) is 3.05. The molecule has 3 unspecified atom stereocenters. The van der Waals surface area contributed by atoms with Gasteiger partial charge in [0, 0.05) is 0 Å². The Morgan fingerprint density at radius 2 is 1.67 bits per heavy atom. The van der Waals surface area contributed by atoms with Crippen LogP contribution in [0, 0.1) is 11.8 Å². The average molecular weight is 660 g/mol. The number of rotatable bonds is 16. The number of carbonyl (C=O) groups excluding carboxylic acids is 2. The normalized spacial score (nSPS) is 24.6. The quantitative estimate of drug-likeness (QED) is 0.109. The molecule has 18 heteroatoms. The van der Waals surface area contributed by atoms with Gasteiger partial charge >= 0.3 is 19.6 Å². The lowest BCUT2D eigenvalue weighted by molar-refractivity contribution is -0.146. The third-order valence-corrected chi connectivity index (χ3v) is 8.90. The van der Waals surface area contributed by atoms with E-state index in [0.717, 1.165) is 0 Å². The molecule has 45 heavy (non-hydrogen) atoms. The SMILES string of the molecule is CCOC(=O)C(CC(C)C)NP(=O)(NC(CC(C)C)C(=O)OCC)OC[C@H]1O[C@@H](n2cnc3c(=O)[nH]c(N)nc32)[C@@](C)(O)C1O. The van der Waals surface area contributed by atoms with E-state index in [0.29, 0.717) is 0 Å². The number of imidazole rings is 1. The predicted octanol–water partition coefficient (Wildman–Crippen LogP) is 0.971. The molecule has 0 spiro atoms. The molecular formula is C27H46N7O10P. The summed E-state index contributed by atoms with van der Waals surface area (Å²) < 4.78 is 37.9. The molecule has 3 rings (SSSR count). The van der Waals surface area contributed by atoms with Crippen LogP contribution < -0.4 is 21.5 Å². The van der Waals surface area contributed by atoms with Gasteiger partial charge in [-0.3, -0.25) is 28.5 Å². The number of hydrogen-bond acceptors (Lipinski definition) is 13. The number of ether oxygens (including phenoxy) is 3. The van der Waals surface area contributed by atoms with Gasteiger partial charge in [0.25, 0.3) is 5.56 Å². The Bertz CT molecular complexity index is 1390. The Hall–Kier alpha value is -2.92. The third-order valence-electron chi connectivity index (χ3n) is 7.09.